The van der Waals surface area contributed by atoms with Crippen molar-refractivity contribution in [2.45, 2.75) is 40.2 Å². The van der Waals surface area contributed by atoms with E-state index in [4.69, 9.17) is 0 Å². The summed E-state index contributed by atoms with van der Waals surface area (Å²) in [6.45, 7) is 10.6. The molecule has 1 aliphatic heterocycles. The number of aliphatic imine (C=N–C) groups is 1. The van der Waals surface area contributed by atoms with Gasteiger partial charge in [-0.15, -0.1) is 0 Å². The number of guanidine groups is 1. The van der Waals surface area contributed by atoms with Crippen LogP contribution in [-0.2, 0) is 6.54 Å². The number of anilines is 1. The zero-order chi connectivity index (χ0) is 16.7. The summed E-state index contributed by atoms with van der Waals surface area (Å²) in [5.74, 6) is 3.39. The van der Waals surface area contributed by atoms with Crippen LogP contribution in [0.25, 0.3) is 0 Å². The number of hydrogen-bond acceptors (Lipinski definition) is 3. The second kappa shape index (κ2) is 8.75. The zero-order valence-corrected chi connectivity index (χ0v) is 15.0. The Bertz CT molecular complexity index is 487. The van der Waals surface area contributed by atoms with Crippen LogP contribution < -0.4 is 15.5 Å². The lowest BCUT2D eigenvalue weighted by Gasteiger charge is -2.31. The smallest absolute Gasteiger partial charge is 0.191 e. The van der Waals surface area contributed by atoms with E-state index < -0.39 is 0 Å². The Kier molecular flexibility index (Phi) is 6.68. The van der Waals surface area contributed by atoms with Gasteiger partial charge in [0.1, 0.15) is 5.82 Å². The van der Waals surface area contributed by atoms with E-state index in [-0.39, 0.29) is 0 Å². The number of nitrogens with one attached hydrogen (secondary N) is 2. The predicted molar refractivity (Wildman–Crippen MR) is 97.9 cm³/mol. The maximum atomic E-state index is 4.63. The second-order valence-electron chi connectivity index (χ2n) is 6.89. The van der Waals surface area contributed by atoms with Gasteiger partial charge in [0.2, 0.25) is 0 Å². The number of hydrogen-bond donors (Lipinski definition) is 2. The van der Waals surface area contributed by atoms with E-state index in [2.05, 4.69) is 58.4 Å². The summed E-state index contributed by atoms with van der Waals surface area (Å²) in [7, 11) is 1.80. The summed E-state index contributed by atoms with van der Waals surface area (Å²) in [4.78, 5) is 11.3. The lowest BCUT2D eigenvalue weighted by molar-refractivity contribution is 0.436. The molecule has 5 nitrogen and oxygen atoms in total. The minimum atomic E-state index is 0.599. The Hall–Kier alpha value is -1.78. The SMILES string of the molecule is CN=C(NCc1ccc(N2CCC(C)CC2)nc1)NCC(C)C. The minimum Gasteiger partial charge on any atom is -0.357 e. The van der Waals surface area contributed by atoms with E-state index in [1.54, 1.807) is 7.05 Å². The quantitative estimate of drug-likeness (QED) is 0.647. The molecule has 0 unspecified atom stereocenters. The van der Waals surface area contributed by atoms with Crippen LogP contribution in [0.4, 0.5) is 5.82 Å². The van der Waals surface area contributed by atoms with Crippen LogP contribution in [0, 0.1) is 11.8 Å². The summed E-state index contributed by atoms with van der Waals surface area (Å²) in [5.41, 5.74) is 1.17. The molecule has 0 radical (unpaired) electrons. The van der Waals surface area contributed by atoms with Gasteiger partial charge >= 0.3 is 0 Å². The number of piperidine rings is 1. The molecule has 0 aliphatic carbocycles. The first kappa shape index (κ1) is 17.6. The fourth-order valence-electron chi connectivity index (χ4n) is 2.65. The van der Waals surface area contributed by atoms with Crippen molar-refractivity contribution in [1.82, 2.24) is 15.6 Å². The minimum absolute atomic E-state index is 0.599. The Morgan fingerprint density at radius 3 is 2.61 bits per heavy atom. The molecule has 1 aliphatic rings. The van der Waals surface area contributed by atoms with Crippen LogP contribution in [0.1, 0.15) is 39.2 Å². The third-order valence-corrected chi connectivity index (χ3v) is 4.28. The standard InChI is InChI=1S/C18H31N5/c1-14(2)11-21-18(19-4)22-13-16-5-6-17(20-12-16)23-9-7-15(3)8-10-23/h5-6,12,14-15H,7-11,13H2,1-4H3,(H2,19,21,22). The van der Waals surface area contributed by atoms with Gasteiger partial charge in [0, 0.05) is 39.4 Å². The van der Waals surface area contributed by atoms with Crippen molar-refractivity contribution >= 4 is 11.8 Å². The topological polar surface area (TPSA) is 52.6 Å². The Morgan fingerprint density at radius 2 is 2.04 bits per heavy atom. The van der Waals surface area contributed by atoms with Crippen molar-refractivity contribution < 1.29 is 0 Å². The molecule has 0 bridgehead atoms. The fraction of sp³-hybridized carbons (Fsp3) is 0.667. The summed E-state index contributed by atoms with van der Waals surface area (Å²) < 4.78 is 0. The molecule has 0 atom stereocenters. The molecule has 0 aromatic carbocycles. The van der Waals surface area contributed by atoms with Gasteiger partial charge in [-0.3, -0.25) is 4.99 Å². The molecule has 1 aromatic rings. The highest BCUT2D eigenvalue weighted by molar-refractivity contribution is 5.79. The molecule has 128 valence electrons. The molecular formula is C18H31N5. The van der Waals surface area contributed by atoms with Gasteiger partial charge in [0.05, 0.1) is 0 Å². The van der Waals surface area contributed by atoms with Crippen molar-refractivity contribution in [3.05, 3.63) is 23.9 Å². The number of aromatic nitrogens is 1. The van der Waals surface area contributed by atoms with Gasteiger partial charge in [-0.25, -0.2) is 4.98 Å². The first-order chi connectivity index (χ1) is 11.1. The lowest BCUT2D eigenvalue weighted by Crippen LogP contribution is -2.38. The molecule has 0 spiro atoms. The second-order valence-corrected chi connectivity index (χ2v) is 6.89. The van der Waals surface area contributed by atoms with Crippen molar-refractivity contribution in [1.29, 1.82) is 0 Å². The number of rotatable bonds is 5. The van der Waals surface area contributed by atoms with Crippen molar-refractivity contribution in [2.75, 3.05) is 31.6 Å². The first-order valence-corrected chi connectivity index (χ1v) is 8.73. The van der Waals surface area contributed by atoms with Gasteiger partial charge in [-0.2, -0.15) is 0 Å². The van der Waals surface area contributed by atoms with Crippen molar-refractivity contribution in [3.63, 3.8) is 0 Å². The molecule has 1 aromatic heterocycles. The Morgan fingerprint density at radius 1 is 1.30 bits per heavy atom. The van der Waals surface area contributed by atoms with Gasteiger partial charge < -0.3 is 15.5 Å². The molecule has 2 rings (SSSR count). The van der Waals surface area contributed by atoms with Gasteiger partial charge in [0.15, 0.2) is 5.96 Å². The molecule has 0 saturated carbocycles. The van der Waals surface area contributed by atoms with Crippen LogP contribution in [0.5, 0.6) is 0 Å². The normalized spacial score (nSPS) is 16.7. The van der Waals surface area contributed by atoms with Crippen LogP contribution in [-0.4, -0.2) is 37.6 Å². The highest BCUT2D eigenvalue weighted by Crippen LogP contribution is 2.21. The van der Waals surface area contributed by atoms with E-state index in [1.807, 2.05) is 6.20 Å². The van der Waals surface area contributed by atoms with E-state index in [0.717, 1.165) is 43.9 Å². The Labute approximate surface area is 140 Å². The van der Waals surface area contributed by atoms with Crippen molar-refractivity contribution in [3.8, 4) is 0 Å². The molecule has 5 heteroatoms. The monoisotopic (exact) mass is 317 g/mol. The van der Waals surface area contributed by atoms with E-state index in [9.17, 15) is 0 Å². The maximum Gasteiger partial charge on any atom is 0.191 e. The fourth-order valence-corrected chi connectivity index (χ4v) is 2.65. The molecule has 0 amide bonds. The van der Waals surface area contributed by atoms with E-state index in [0.29, 0.717) is 5.92 Å². The van der Waals surface area contributed by atoms with E-state index in [1.165, 1.54) is 18.4 Å². The molecule has 23 heavy (non-hydrogen) atoms. The third-order valence-electron chi connectivity index (χ3n) is 4.28. The van der Waals surface area contributed by atoms with Gasteiger partial charge in [0.25, 0.3) is 0 Å². The molecule has 1 fully saturated rings. The van der Waals surface area contributed by atoms with Gasteiger partial charge in [-0.1, -0.05) is 26.8 Å². The molecular weight excluding hydrogens is 286 g/mol. The maximum absolute atomic E-state index is 4.63. The lowest BCUT2D eigenvalue weighted by atomic mass is 9.99. The summed E-state index contributed by atoms with van der Waals surface area (Å²) in [5, 5.41) is 6.65. The van der Waals surface area contributed by atoms with Crippen LogP contribution in [0.3, 0.4) is 0 Å². The largest absolute Gasteiger partial charge is 0.357 e. The number of nitrogens with zero attached hydrogens (tertiary/aromatic N) is 3. The third kappa shape index (κ3) is 5.73. The predicted octanol–water partition coefficient (Wildman–Crippen LogP) is 2.64. The van der Waals surface area contributed by atoms with Crippen molar-refractivity contribution in [2.24, 2.45) is 16.8 Å². The average molecular weight is 317 g/mol. The highest BCUT2D eigenvalue weighted by atomic mass is 15.2. The first-order valence-electron chi connectivity index (χ1n) is 8.73. The zero-order valence-electron chi connectivity index (χ0n) is 15.0. The molecule has 1 saturated heterocycles. The van der Waals surface area contributed by atoms with Crippen LogP contribution in [0.2, 0.25) is 0 Å². The average Bonchev–Trinajstić information content (AvgIpc) is 2.56. The summed E-state index contributed by atoms with van der Waals surface area (Å²) in [6.07, 6.45) is 4.50. The highest BCUT2D eigenvalue weighted by Gasteiger charge is 2.16. The Balaban J connectivity index is 1.82. The van der Waals surface area contributed by atoms with Crippen LogP contribution in [0.15, 0.2) is 23.3 Å². The van der Waals surface area contributed by atoms with E-state index >= 15 is 0 Å². The summed E-state index contributed by atoms with van der Waals surface area (Å²) in [6, 6.07) is 4.29. The summed E-state index contributed by atoms with van der Waals surface area (Å²) >= 11 is 0. The molecule has 2 heterocycles. The van der Waals surface area contributed by atoms with Crippen LogP contribution >= 0.6 is 0 Å². The number of pyridine rings is 1. The van der Waals surface area contributed by atoms with Gasteiger partial charge in [-0.05, 0) is 36.3 Å². The molecule has 2 N–H and O–H groups in total.